The molecule has 104 valence electrons. The van der Waals surface area contributed by atoms with Gasteiger partial charge in [0.15, 0.2) is 11.5 Å². The fraction of sp³-hybridized carbons (Fsp3) is 0.500. The molecule has 0 bridgehead atoms. The molecule has 3 nitrogen and oxygen atoms in total. The largest absolute Gasteiger partial charge is 0.493 e. The molecule has 0 aromatic heterocycles. The van der Waals surface area contributed by atoms with E-state index in [1.165, 1.54) is 11.1 Å². The second-order valence-corrected chi connectivity index (χ2v) is 5.03. The molecule has 3 heteroatoms. The summed E-state index contributed by atoms with van der Waals surface area (Å²) >= 11 is 0. The van der Waals surface area contributed by atoms with Crippen LogP contribution in [0.1, 0.15) is 36.3 Å². The number of rotatable bonds is 5. The predicted octanol–water partition coefficient (Wildman–Crippen LogP) is 3.06. The molecule has 0 fully saturated rings. The molecule has 19 heavy (non-hydrogen) atoms. The van der Waals surface area contributed by atoms with Crippen molar-refractivity contribution in [3.05, 3.63) is 35.9 Å². The van der Waals surface area contributed by atoms with Gasteiger partial charge in [-0.25, -0.2) is 0 Å². The molecule has 0 aliphatic heterocycles. The molecule has 0 saturated carbocycles. The van der Waals surface area contributed by atoms with Gasteiger partial charge in [-0.1, -0.05) is 6.08 Å². The van der Waals surface area contributed by atoms with Gasteiger partial charge >= 0.3 is 0 Å². The molecule has 1 N–H and O–H groups in total. The minimum atomic E-state index is -0.441. The Hall–Kier alpha value is -1.48. The normalized spacial score (nSPS) is 19.4. The summed E-state index contributed by atoms with van der Waals surface area (Å²) in [6.07, 6.45) is 5.21. The van der Waals surface area contributed by atoms with E-state index in [1.54, 1.807) is 20.3 Å². The molecular weight excluding hydrogens is 240 g/mol. The lowest BCUT2D eigenvalue weighted by Gasteiger charge is -2.27. The Labute approximate surface area is 114 Å². The van der Waals surface area contributed by atoms with E-state index in [-0.39, 0.29) is 0 Å². The van der Waals surface area contributed by atoms with Gasteiger partial charge in [0.1, 0.15) is 0 Å². The van der Waals surface area contributed by atoms with Gasteiger partial charge in [-0.3, -0.25) is 0 Å². The molecule has 0 saturated heterocycles. The van der Waals surface area contributed by atoms with Crippen LogP contribution in [0.5, 0.6) is 11.5 Å². The Kier molecular flexibility index (Phi) is 4.48. The Balaban J connectivity index is 2.34. The number of ether oxygens (including phenoxy) is 2. The molecule has 0 radical (unpaired) electrons. The predicted molar refractivity (Wildman–Crippen MR) is 76.0 cm³/mol. The highest BCUT2D eigenvalue weighted by Crippen LogP contribution is 2.40. The molecule has 0 spiro atoms. The van der Waals surface area contributed by atoms with E-state index in [4.69, 9.17) is 9.47 Å². The highest BCUT2D eigenvalue weighted by molar-refractivity contribution is 5.49. The fourth-order valence-electron chi connectivity index (χ4n) is 2.86. The van der Waals surface area contributed by atoms with E-state index < -0.39 is 6.10 Å². The smallest absolute Gasteiger partial charge is 0.161 e. The van der Waals surface area contributed by atoms with Gasteiger partial charge in [0.05, 0.1) is 20.3 Å². The Morgan fingerprint density at radius 2 is 2.05 bits per heavy atom. The van der Waals surface area contributed by atoms with Gasteiger partial charge in [0.25, 0.3) is 0 Å². The van der Waals surface area contributed by atoms with Crippen LogP contribution in [-0.2, 0) is 6.42 Å². The lowest BCUT2D eigenvalue weighted by molar-refractivity contribution is 0.198. The molecule has 1 aromatic rings. The first-order valence-electron chi connectivity index (χ1n) is 6.75. The number of fused-ring (bicyclic) bond motifs is 1. The third-order valence-electron chi connectivity index (χ3n) is 3.88. The quantitative estimate of drug-likeness (QED) is 0.829. The summed E-state index contributed by atoms with van der Waals surface area (Å²) in [7, 11) is 3.31. The van der Waals surface area contributed by atoms with E-state index in [0.29, 0.717) is 5.92 Å². The van der Waals surface area contributed by atoms with Crippen LogP contribution in [-0.4, -0.2) is 25.4 Å². The number of aliphatic hydroxyl groups excluding tert-OH is 1. The molecule has 2 atom stereocenters. The molecule has 0 heterocycles. The summed E-state index contributed by atoms with van der Waals surface area (Å²) in [6, 6.07) is 4.13. The maximum Gasteiger partial charge on any atom is 0.161 e. The van der Waals surface area contributed by atoms with Crippen molar-refractivity contribution in [2.24, 2.45) is 0 Å². The van der Waals surface area contributed by atoms with Crippen molar-refractivity contribution in [2.45, 2.75) is 37.7 Å². The zero-order valence-electron chi connectivity index (χ0n) is 11.7. The van der Waals surface area contributed by atoms with E-state index in [2.05, 4.69) is 18.7 Å². The SMILES string of the molecule is C=CC(O)C[C@@H]1CCCc2cc(OC)c(OC)cc21. The molecule has 1 aliphatic rings. The van der Waals surface area contributed by atoms with E-state index in [1.807, 2.05) is 0 Å². The Bertz CT molecular complexity index is 454. The van der Waals surface area contributed by atoms with Gasteiger partial charge in [0, 0.05) is 0 Å². The maximum absolute atomic E-state index is 9.79. The lowest BCUT2D eigenvalue weighted by atomic mass is 9.79. The van der Waals surface area contributed by atoms with Crippen molar-refractivity contribution in [2.75, 3.05) is 14.2 Å². The average Bonchev–Trinajstić information content (AvgIpc) is 2.45. The lowest BCUT2D eigenvalue weighted by Crippen LogP contribution is -2.15. The summed E-state index contributed by atoms with van der Waals surface area (Å²) in [5, 5.41) is 9.79. The topological polar surface area (TPSA) is 38.7 Å². The summed E-state index contributed by atoms with van der Waals surface area (Å²) in [5.74, 6) is 1.92. The number of benzene rings is 1. The highest BCUT2D eigenvalue weighted by atomic mass is 16.5. The summed E-state index contributed by atoms with van der Waals surface area (Å²) in [5.41, 5.74) is 2.59. The van der Waals surface area contributed by atoms with Crippen LogP contribution in [0.4, 0.5) is 0 Å². The summed E-state index contributed by atoms with van der Waals surface area (Å²) < 4.78 is 10.7. The number of hydrogen-bond acceptors (Lipinski definition) is 3. The van der Waals surface area contributed by atoms with Gasteiger partial charge < -0.3 is 14.6 Å². The van der Waals surface area contributed by atoms with Gasteiger partial charge in [-0.15, -0.1) is 6.58 Å². The maximum atomic E-state index is 9.79. The van der Waals surface area contributed by atoms with Crippen molar-refractivity contribution in [3.63, 3.8) is 0 Å². The van der Waals surface area contributed by atoms with Gasteiger partial charge in [-0.05, 0) is 54.9 Å². The first kappa shape index (κ1) is 13.9. The van der Waals surface area contributed by atoms with Crippen molar-refractivity contribution in [1.29, 1.82) is 0 Å². The third-order valence-corrected chi connectivity index (χ3v) is 3.88. The van der Waals surface area contributed by atoms with Crippen LogP contribution in [0.25, 0.3) is 0 Å². The molecular formula is C16H22O3. The third kappa shape index (κ3) is 2.92. The zero-order chi connectivity index (χ0) is 13.8. The van der Waals surface area contributed by atoms with Crippen LogP contribution in [0.15, 0.2) is 24.8 Å². The second-order valence-electron chi connectivity index (χ2n) is 5.03. The minimum Gasteiger partial charge on any atom is -0.493 e. The van der Waals surface area contributed by atoms with Crippen LogP contribution in [0.2, 0.25) is 0 Å². The Morgan fingerprint density at radius 3 is 2.68 bits per heavy atom. The molecule has 1 aromatic carbocycles. The highest BCUT2D eigenvalue weighted by Gasteiger charge is 2.24. The van der Waals surface area contributed by atoms with Crippen molar-refractivity contribution >= 4 is 0 Å². The Morgan fingerprint density at radius 1 is 1.37 bits per heavy atom. The second kappa shape index (κ2) is 6.11. The van der Waals surface area contributed by atoms with E-state index >= 15 is 0 Å². The molecule has 1 unspecified atom stereocenters. The van der Waals surface area contributed by atoms with E-state index in [9.17, 15) is 5.11 Å². The minimum absolute atomic E-state index is 0.372. The molecule has 0 amide bonds. The van der Waals surface area contributed by atoms with Gasteiger partial charge in [-0.2, -0.15) is 0 Å². The monoisotopic (exact) mass is 262 g/mol. The van der Waals surface area contributed by atoms with Crippen molar-refractivity contribution in [1.82, 2.24) is 0 Å². The number of hydrogen-bond donors (Lipinski definition) is 1. The number of aryl methyl sites for hydroxylation is 1. The molecule has 1 aliphatic carbocycles. The van der Waals surface area contributed by atoms with Crippen LogP contribution in [0, 0.1) is 0 Å². The van der Waals surface area contributed by atoms with Crippen molar-refractivity contribution in [3.8, 4) is 11.5 Å². The standard InChI is InChI=1S/C16H22O3/c1-4-13(17)8-11-6-5-7-12-9-15(18-2)16(19-3)10-14(11)12/h4,9-11,13,17H,1,5-8H2,2-3H3/t11-,13?/m0/s1. The molecule has 2 rings (SSSR count). The fourth-order valence-corrected chi connectivity index (χ4v) is 2.86. The van der Waals surface area contributed by atoms with Crippen molar-refractivity contribution < 1.29 is 14.6 Å². The number of aliphatic hydroxyl groups is 1. The van der Waals surface area contributed by atoms with E-state index in [0.717, 1.165) is 37.2 Å². The first-order chi connectivity index (χ1) is 9.19. The zero-order valence-corrected chi connectivity index (χ0v) is 11.7. The summed E-state index contributed by atoms with van der Waals surface area (Å²) in [6.45, 7) is 3.65. The van der Waals surface area contributed by atoms with Crippen LogP contribution < -0.4 is 9.47 Å². The van der Waals surface area contributed by atoms with Crippen LogP contribution >= 0.6 is 0 Å². The van der Waals surface area contributed by atoms with Crippen LogP contribution in [0.3, 0.4) is 0 Å². The first-order valence-corrected chi connectivity index (χ1v) is 6.75. The number of methoxy groups -OCH3 is 2. The average molecular weight is 262 g/mol. The van der Waals surface area contributed by atoms with Gasteiger partial charge in [0.2, 0.25) is 0 Å². The summed E-state index contributed by atoms with van der Waals surface area (Å²) in [4.78, 5) is 0.